The molecule has 0 amide bonds. The maximum absolute atomic E-state index is 5.79. The van der Waals surface area contributed by atoms with Crippen LogP contribution in [0.5, 0.6) is 0 Å². The summed E-state index contributed by atoms with van der Waals surface area (Å²) >= 11 is 0. The van der Waals surface area contributed by atoms with Gasteiger partial charge in [0.25, 0.3) is 0 Å². The first kappa shape index (κ1) is 18.5. The lowest BCUT2D eigenvalue weighted by Crippen LogP contribution is -2.23. The number of hydrogen-bond acceptors (Lipinski definition) is 6. The zero-order valence-corrected chi connectivity index (χ0v) is 16.5. The lowest BCUT2D eigenvalue weighted by atomic mass is 10.0. The quantitative estimate of drug-likeness (QED) is 0.506. The molecule has 30 heavy (non-hydrogen) atoms. The summed E-state index contributed by atoms with van der Waals surface area (Å²) in [6.07, 6.45) is 5.32. The van der Waals surface area contributed by atoms with Crippen molar-refractivity contribution in [3.63, 3.8) is 0 Å². The Bertz CT molecular complexity index is 1100. The summed E-state index contributed by atoms with van der Waals surface area (Å²) < 4.78 is 11.6. The van der Waals surface area contributed by atoms with Crippen molar-refractivity contribution in [2.45, 2.75) is 12.7 Å². The maximum atomic E-state index is 5.79. The van der Waals surface area contributed by atoms with Crippen LogP contribution in [0.3, 0.4) is 0 Å². The topological polar surface area (TPSA) is 70.0 Å². The molecule has 0 unspecified atom stereocenters. The standard InChI is InChI=1S/C24H20N4O2/c1-24(29-12-13-30-24)23-16-17(8-11-27-23)18-14-21(19-6-2-4-9-25-19)28-22(15-18)20-7-3-5-10-26-20/h2-11,14-16H,12-13H2,1H3. The summed E-state index contributed by atoms with van der Waals surface area (Å²) in [7, 11) is 0. The second-order valence-corrected chi connectivity index (χ2v) is 7.13. The SMILES string of the molecule is CC1(c2cc(-c3cc(-c4ccccn4)nc(-c4ccccn4)c3)ccn2)OCCO1. The van der Waals surface area contributed by atoms with Gasteiger partial charge in [-0.25, -0.2) is 4.98 Å². The van der Waals surface area contributed by atoms with Crippen LogP contribution >= 0.6 is 0 Å². The summed E-state index contributed by atoms with van der Waals surface area (Å²) in [6, 6.07) is 19.6. The summed E-state index contributed by atoms with van der Waals surface area (Å²) in [5.74, 6) is -0.823. The van der Waals surface area contributed by atoms with E-state index in [1.165, 1.54) is 0 Å². The number of aromatic nitrogens is 4. The Morgan fingerprint density at radius 1 is 0.667 bits per heavy atom. The lowest BCUT2D eigenvalue weighted by molar-refractivity contribution is -0.152. The number of ether oxygens (including phenoxy) is 2. The van der Waals surface area contributed by atoms with Crippen molar-refractivity contribution < 1.29 is 9.47 Å². The van der Waals surface area contributed by atoms with Gasteiger partial charge in [-0.2, -0.15) is 0 Å². The first-order valence-electron chi connectivity index (χ1n) is 9.81. The molecule has 6 nitrogen and oxygen atoms in total. The lowest BCUT2D eigenvalue weighted by Gasteiger charge is -2.22. The first-order valence-corrected chi connectivity index (χ1v) is 9.81. The Hall–Kier alpha value is -3.48. The summed E-state index contributed by atoms with van der Waals surface area (Å²) in [5, 5.41) is 0. The number of hydrogen-bond donors (Lipinski definition) is 0. The monoisotopic (exact) mass is 396 g/mol. The zero-order valence-electron chi connectivity index (χ0n) is 16.5. The smallest absolute Gasteiger partial charge is 0.209 e. The number of pyridine rings is 4. The van der Waals surface area contributed by atoms with Crippen LogP contribution in [0.1, 0.15) is 12.6 Å². The molecular weight excluding hydrogens is 376 g/mol. The van der Waals surface area contributed by atoms with Gasteiger partial charge in [-0.1, -0.05) is 12.1 Å². The van der Waals surface area contributed by atoms with E-state index in [0.717, 1.165) is 39.6 Å². The molecule has 6 heteroatoms. The second-order valence-electron chi connectivity index (χ2n) is 7.13. The molecule has 0 bridgehead atoms. The number of nitrogens with zero attached hydrogens (tertiary/aromatic N) is 4. The van der Waals surface area contributed by atoms with E-state index in [4.69, 9.17) is 14.5 Å². The third-order valence-electron chi connectivity index (χ3n) is 5.08. The summed E-state index contributed by atoms with van der Waals surface area (Å²) in [4.78, 5) is 18.3. The molecule has 0 aliphatic carbocycles. The van der Waals surface area contributed by atoms with Crippen LogP contribution < -0.4 is 0 Å². The van der Waals surface area contributed by atoms with Crippen molar-refractivity contribution in [1.29, 1.82) is 0 Å². The molecule has 0 radical (unpaired) electrons. The molecule has 0 spiro atoms. The molecule has 0 aromatic carbocycles. The Balaban J connectivity index is 1.65. The molecule has 1 fully saturated rings. The Morgan fingerprint density at radius 3 is 1.87 bits per heavy atom. The molecule has 5 heterocycles. The minimum atomic E-state index is -0.823. The average Bonchev–Trinajstić information content (AvgIpc) is 3.28. The Morgan fingerprint density at radius 2 is 1.30 bits per heavy atom. The average molecular weight is 396 g/mol. The number of rotatable bonds is 4. The molecule has 1 aliphatic heterocycles. The van der Waals surface area contributed by atoms with Gasteiger partial charge in [0.05, 0.1) is 41.7 Å². The minimum absolute atomic E-state index is 0.561. The van der Waals surface area contributed by atoms with E-state index in [-0.39, 0.29) is 0 Å². The highest BCUT2D eigenvalue weighted by molar-refractivity contribution is 5.74. The van der Waals surface area contributed by atoms with Crippen LogP contribution in [0.2, 0.25) is 0 Å². The fourth-order valence-electron chi connectivity index (χ4n) is 3.51. The molecule has 4 aromatic heterocycles. The van der Waals surface area contributed by atoms with Gasteiger partial charge in [-0.3, -0.25) is 15.0 Å². The summed E-state index contributed by atoms with van der Waals surface area (Å²) in [5.41, 5.74) is 5.92. The molecular formula is C24H20N4O2. The zero-order chi connectivity index (χ0) is 20.4. The van der Waals surface area contributed by atoms with Crippen molar-refractivity contribution in [2.75, 3.05) is 13.2 Å². The maximum Gasteiger partial charge on any atom is 0.209 e. The van der Waals surface area contributed by atoms with Crippen molar-refractivity contribution in [3.05, 3.63) is 84.9 Å². The van der Waals surface area contributed by atoms with Crippen LogP contribution in [-0.4, -0.2) is 33.1 Å². The van der Waals surface area contributed by atoms with E-state index in [2.05, 4.69) is 15.0 Å². The van der Waals surface area contributed by atoms with E-state index >= 15 is 0 Å². The van der Waals surface area contributed by atoms with Crippen LogP contribution in [0.15, 0.2) is 79.3 Å². The highest BCUT2D eigenvalue weighted by atomic mass is 16.7. The molecule has 0 atom stereocenters. The van der Waals surface area contributed by atoms with Gasteiger partial charge in [0.15, 0.2) is 0 Å². The van der Waals surface area contributed by atoms with Crippen LogP contribution in [-0.2, 0) is 15.3 Å². The molecule has 0 N–H and O–H groups in total. The van der Waals surface area contributed by atoms with Gasteiger partial charge in [-0.15, -0.1) is 0 Å². The molecule has 148 valence electrons. The fraction of sp³-hybridized carbons (Fsp3) is 0.167. The predicted octanol–water partition coefficient (Wildman–Crippen LogP) is 4.49. The largest absolute Gasteiger partial charge is 0.342 e. The highest BCUT2D eigenvalue weighted by Gasteiger charge is 2.34. The van der Waals surface area contributed by atoms with Gasteiger partial charge in [0, 0.05) is 18.6 Å². The van der Waals surface area contributed by atoms with E-state index in [1.54, 1.807) is 18.6 Å². The van der Waals surface area contributed by atoms with E-state index < -0.39 is 5.79 Å². The fourth-order valence-corrected chi connectivity index (χ4v) is 3.51. The van der Waals surface area contributed by atoms with E-state index in [0.29, 0.717) is 13.2 Å². The van der Waals surface area contributed by atoms with Crippen LogP contribution in [0.25, 0.3) is 33.9 Å². The molecule has 0 saturated carbocycles. The Labute approximate surface area is 174 Å². The van der Waals surface area contributed by atoms with Crippen molar-refractivity contribution in [3.8, 4) is 33.9 Å². The van der Waals surface area contributed by atoms with Crippen molar-refractivity contribution in [1.82, 2.24) is 19.9 Å². The first-order chi connectivity index (χ1) is 14.7. The minimum Gasteiger partial charge on any atom is -0.342 e. The third-order valence-corrected chi connectivity index (χ3v) is 5.08. The molecule has 4 aromatic rings. The van der Waals surface area contributed by atoms with E-state index in [1.807, 2.05) is 67.6 Å². The van der Waals surface area contributed by atoms with Crippen molar-refractivity contribution in [2.24, 2.45) is 0 Å². The summed E-state index contributed by atoms with van der Waals surface area (Å²) in [6.45, 7) is 3.02. The second kappa shape index (κ2) is 7.74. The van der Waals surface area contributed by atoms with Crippen LogP contribution in [0, 0.1) is 0 Å². The normalized spacial score (nSPS) is 15.2. The van der Waals surface area contributed by atoms with Gasteiger partial charge >= 0.3 is 0 Å². The van der Waals surface area contributed by atoms with Crippen LogP contribution in [0.4, 0.5) is 0 Å². The van der Waals surface area contributed by atoms with Gasteiger partial charge in [-0.05, 0) is 66.6 Å². The van der Waals surface area contributed by atoms with Gasteiger partial charge < -0.3 is 9.47 Å². The van der Waals surface area contributed by atoms with Gasteiger partial charge in [0.2, 0.25) is 5.79 Å². The predicted molar refractivity (Wildman–Crippen MR) is 113 cm³/mol. The highest BCUT2D eigenvalue weighted by Crippen LogP contribution is 2.33. The third kappa shape index (κ3) is 3.58. The molecule has 1 saturated heterocycles. The Kier molecular flexibility index (Phi) is 4.78. The van der Waals surface area contributed by atoms with Gasteiger partial charge in [0.1, 0.15) is 0 Å². The molecule has 5 rings (SSSR count). The van der Waals surface area contributed by atoms with E-state index in [9.17, 15) is 0 Å². The van der Waals surface area contributed by atoms with Crippen molar-refractivity contribution >= 4 is 0 Å². The molecule has 1 aliphatic rings.